The monoisotopic (exact) mass is 618 g/mol. The number of halogens is 1. The fourth-order valence-electron chi connectivity index (χ4n) is 4.21. The van der Waals surface area contributed by atoms with Crippen LogP contribution in [0.2, 0.25) is 5.02 Å². The van der Waals surface area contributed by atoms with E-state index in [2.05, 4.69) is 16.0 Å². The van der Waals surface area contributed by atoms with Crippen molar-refractivity contribution >= 4 is 74.2 Å². The summed E-state index contributed by atoms with van der Waals surface area (Å²) in [7, 11) is 3.07. The number of fused-ring (bicyclic) bond motifs is 1. The molecule has 4 aromatic carbocycles. The van der Waals surface area contributed by atoms with Gasteiger partial charge in [0.25, 0.3) is 11.3 Å². The van der Waals surface area contributed by atoms with E-state index in [1.165, 1.54) is 14.2 Å². The highest BCUT2D eigenvalue weighted by Crippen LogP contribution is 2.36. The molecular formula is C30H27ClN6O5S. The lowest BCUT2D eigenvalue weighted by molar-refractivity contribution is -0.114. The molecule has 1 atom stereocenters. The summed E-state index contributed by atoms with van der Waals surface area (Å²) in [6.07, 6.45) is 0. The molecule has 0 bridgehead atoms. The van der Waals surface area contributed by atoms with Crippen molar-refractivity contribution in [1.29, 1.82) is 0 Å². The number of hydrogen-bond donors (Lipinski definition) is 4. The molecule has 0 saturated heterocycles. The summed E-state index contributed by atoms with van der Waals surface area (Å²) in [6.45, 7) is -0.0438. The van der Waals surface area contributed by atoms with Gasteiger partial charge in [0.2, 0.25) is 5.91 Å². The molecule has 0 aliphatic carbocycles. The molecule has 1 heterocycles. The summed E-state index contributed by atoms with van der Waals surface area (Å²) in [5.41, 5.74) is 2.95. The number of nitrogens with zero attached hydrogens (tertiary/aromatic N) is 3. The van der Waals surface area contributed by atoms with Gasteiger partial charge in [0.05, 0.1) is 48.2 Å². The predicted molar refractivity (Wildman–Crippen MR) is 170 cm³/mol. The van der Waals surface area contributed by atoms with Gasteiger partial charge in [-0.1, -0.05) is 41.9 Å². The normalized spacial score (nSPS) is 11.4. The van der Waals surface area contributed by atoms with Crippen LogP contribution in [0.5, 0.6) is 11.5 Å². The number of benzene rings is 4. The zero-order valence-corrected chi connectivity index (χ0v) is 24.6. The Kier molecular flexibility index (Phi) is 9.20. The largest absolute Gasteiger partial charge is 0.497 e. The zero-order chi connectivity index (χ0) is 30.3. The fourth-order valence-corrected chi connectivity index (χ4v) is 4.99. The van der Waals surface area contributed by atoms with E-state index >= 15 is 0 Å². The van der Waals surface area contributed by atoms with Crippen molar-refractivity contribution < 1.29 is 23.0 Å². The van der Waals surface area contributed by atoms with Crippen molar-refractivity contribution in [3.8, 4) is 11.5 Å². The van der Waals surface area contributed by atoms with E-state index in [0.29, 0.717) is 44.6 Å². The molecule has 0 radical (unpaired) electrons. The number of anilines is 6. The minimum Gasteiger partial charge on any atom is -0.497 e. The molecule has 0 aliphatic rings. The van der Waals surface area contributed by atoms with E-state index in [4.69, 9.17) is 31.0 Å². The second-order valence-electron chi connectivity index (χ2n) is 9.07. The molecule has 1 aromatic heterocycles. The highest BCUT2D eigenvalue weighted by Gasteiger charge is 2.24. The van der Waals surface area contributed by atoms with Gasteiger partial charge in [-0.2, -0.15) is 0 Å². The van der Waals surface area contributed by atoms with Crippen molar-refractivity contribution in [2.45, 2.75) is 0 Å². The maximum atomic E-state index is 12.9. The average Bonchev–Trinajstić information content (AvgIpc) is 3.00. The predicted octanol–water partition coefficient (Wildman–Crippen LogP) is 6.37. The maximum Gasteiger partial charge on any atom is 0.268 e. The van der Waals surface area contributed by atoms with E-state index < -0.39 is 11.3 Å². The lowest BCUT2D eigenvalue weighted by Crippen LogP contribution is -2.24. The van der Waals surface area contributed by atoms with Gasteiger partial charge in [0.15, 0.2) is 11.6 Å². The van der Waals surface area contributed by atoms with Crippen LogP contribution in [0.3, 0.4) is 0 Å². The summed E-state index contributed by atoms with van der Waals surface area (Å²) < 4.78 is 35.2. The minimum atomic E-state index is -2.58. The Labute approximate surface area is 255 Å². The Bertz CT molecular complexity index is 1780. The molecule has 13 heteroatoms. The quantitative estimate of drug-likeness (QED) is 0.124. The van der Waals surface area contributed by atoms with Crippen molar-refractivity contribution in [3.63, 3.8) is 0 Å². The van der Waals surface area contributed by atoms with E-state index in [-0.39, 0.29) is 29.8 Å². The molecule has 4 N–H and O–H groups in total. The number of nitrogens with one attached hydrogen (secondary N) is 3. The fraction of sp³-hybridized carbons (Fsp3) is 0.100. The van der Waals surface area contributed by atoms with Crippen LogP contribution in [0.15, 0.2) is 91.0 Å². The lowest BCUT2D eigenvalue weighted by Gasteiger charge is -2.23. The van der Waals surface area contributed by atoms with E-state index in [1.807, 2.05) is 12.1 Å². The molecule has 43 heavy (non-hydrogen) atoms. The molecule has 0 spiro atoms. The van der Waals surface area contributed by atoms with Crippen LogP contribution in [0.25, 0.3) is 11.0 Å². The van der Waals surface area contributed by atoms with Crippen LogP contribution in [0.4, 0.5) is 34.4 Å². The smallest absolute Gasteiger partial charge is 0.268 e. The molecule has 5 rings (SSSR count). The van der Waals surface area contributed by atoms with Gasteiger partial charge >= 0.3 is 0 Å². The molecule has 5 aromatic rings. The summed E-state index contributed by atoms with van der Waals surface area (Å²) in [5, 5.41) is 9.47. The van der Waals surface area contributed by atoms with Gasteiger partial charge < -0.3 is 25.4 Å². The highest BCUT2D eigenvalue weighted by atomic mass is 35.5. The van der Waals surface area contributed by atoms with Gasteiger partial charge in [0, 0.05) is 29.6 Å². The third-order valence-electron chi connectivity index (χ3n) is 6.19. The number of rotatable bonds is 11. The summed E-state index contributed by atoms with van der Waals surface area (Å²) in [6, 6.07) is 26.0. The van der Waals surface area contributed by atoms with Crippen molar-refractivity contribution in [2.24, 2.45) is 0 Å². The Morgan fingerprint density at radius 1 is 0.884 bits per heavy atom. The van der Waals surface area contributed by atoms with Crippen LogP contribution < -0.4 is 29.7 Å². The van der Waals surface area contributed by atoms with Gasteiger partial charge in [-0.25, -0.2) is 18.5 Å². The molecule has 0 aliphatic heterocycles. The molecular weight excluding hydrogens is 592 g/mol. The Balaban J connectivity index is 1.48. The second kappa shape index (κ2) is 13.4. The lowest BCUT2D eigenvalue weighted by atomic mass is 10.2. The van der Waals surface area contributed by atoms with Crippen LogP contribution in [0, 0.1) is 0 Å². The first-order valence-electron chi connectivity index (χ1n) is 12.9. The maximum absolute atomic E-state index is 12.9. The number of amides is 1. The van der Waals surface area contributed by atoms with E-state index in [0.717, 1.165) is 4.31 Å². The van der Waals surface area contributed by atoms with E-state index in [1.54, 1.807) is 78.9 Å². The summed E-state index contributed by atoms with van der Waals surface area (Å²) in [4.78, 5) is 22.1. The number of carbonyl (C=O) groups is 1. The standard InChI is InChI=1S/C30H27ClN6O5S/c1-41-22-15-20(16-23(17-22)42-2)34-29-30(36-27-13-6-5-12-26(27)35-29)37(43(39)40)21-9-7-8-19(14-21)33-28(38)18-32-25-11-4-3-10-24(25)31/h3-17,32H,18H2,1-2H3,(H,33,38)(H,34,35)(H,39,40). The SMILES string of the molecule is COc1cc(Nc2nc3ccccc3nc2N(c2cccc(NC(=O)CNc3ccccc3Cl)c2)S(=O)O)cc(OC)c1. The average molecular weight is 619 g/mol. The van der Waals surface area contributed by atoms with Gasteiger partial charge in [-0.15, -0.1) is 0 Å². The first-order chi connectivity index (χ1) is 20.8. The zero-order valence-electron chi connectivity index (χ0n) is 23.1. The number of aromatic nitrogens is 2. The number of para-hydroxylation sites is 3. The second-order valence-corrected chi connectivity index (χ2v) is 10.3. The molecule has 1 unspecified atom stereocenters. The molecule has 11 nitrogen and oxygen atoms in total. The third-order valence-corrected chi connectivity index (χ3v) is 7.22. The van der Waals surface area contributed by atoms with Crippen molar-refractivity contribution in [3.05, 3.63) is 96.0 Å². The Hall–Kier alpha value is -4.91. The minimum absolute atomic E-state index is 0.0438. The Morgan fingerprint density at radius 2 is 1.56 bits per heavy atom. The number of carbonyl (C=O) groups excluding carboxylic acids is 1. The third kappa shape index (κ3) is 7.12. The number of ether oxygens (including phenoxy) is 2. The topological polar surface area (TPSA) is 138 Å². The number of hydrogen-bond acceptors (Lipinski definition) is 8. The van der Waals surface area contributed by atoms with Crippen LogP contribution in [-0.4, -0.2) is 45.4 Å². The molecule has 0 fully saturated rings. The summed E-state index contributed by atoms with van der Waals surface area (Å²) in [5.74, 6) is 1.01. The Morgan fingerprint density at radius 3 is 2.23 bits per heavy atom. The van der Waals surface area contributed by atoms with Gasteiger partial charge in [0.1, 0.15) is 11.5 Å². The molecule has 220 valence electrons. The van der Waals surface area contributed by atoms with Crippen LogP contribution in [0.1, 0.15) is 0 Å². The number of methoxy groups -OCH3 is 2. The first-order valence-corrected chi connectivity index (χ1v) is 14.3. The van der Waals surface area contributed by atoms with Gasteiger partial charge in [-0.3, -0.25) is 9.35 Å². The van der Waals surface area contributed by atoms with Crippen LogP contribution >= 0.6 is 11.6 Å². The summed E-state index contributed by atoms with van der Waals surface area (Å²) >= 11 is 3.58. The van der Waals surface area contributed by atoms with Gasteiger partial charge in [-0.05, 0) is 42.5 Å². The van der Waals surface area contributed by atoms with Crippen molar-refractivity contribution in [1.82, 2.24) is 9.97 Å². The van der Waals surface area contributed by atoms with Crippen molar-refractivity contribution in [2.75, 3.05) is 41.0 Å². The molecule has 0 saturated carbocycles. The first kappa shape index (κ1) is 29.6. The van der Waals surface area contributed by atoms with E-state index in [9.17, 15) is 13.6 Å². The highest BCUT2D eigenvalue weighted by molar-refractivity contribution is 7.81. The van der Waals surface area contributed by atoms with Crippen LogP contribution in [-0.2, 0) is 16.1 Å². The molecule has 1 amide bonds.